The van der Waals surface area contributed by atoms with E-state index in [2.05, 4.69) is 29.4 Å². The molecule has 2 heterocycles. The summed E-state index contributed by atoms with van der Waals surface area (Å²) in [5.41, 5.74) is 1.92. The normalized spacial score (nSPS) is 16.2. The van der Waals surface area contributed by atoms with Crippen molar-refractivity contribution in [1.29, 1.82) is 0 Å². The first-order valence-electron chi connectivity index (χ1n) is 13.2. The van der Waals surface area contributed by atoms with Crippen molar-refractivity contribution in [2.75, 3.05) is 38.5 Å². The largest absolute Gasteiger partial charge is 0.358 e. The number of benzene rings is 2. The molecule has 1 amide bonds. The highest BCUT2D eigenvalue weighted by Crippen LogP contribution is 2.24. The number of aromatic nitrogens is 2. The molecule has 0 unspecified atom stereocenters. The van der Waals surface area contributed by atoms with Crippen molar-refractivity contribution in [2.24, 2.45) is 5.92 Å². The van der Waals surface area contributed by atoms with Gasteiger partial charge in [0.15, 0.2) is 0 Å². The Morgan fingerprint density at radius 3 is 2.21 bits per heavy atom. The summed E-state index contributed by atoms with van der Waals surface area (Å²) in [5, 5.41) is 6.91. The molecule has 9 nitrogen and oxygen atoms in total. The Labute approximate surface area is 225 Å². The number of anilines is 1. The summed E-state index contributed by atoms with van der Waals surface area (Å²) < 4.78 is 28.0. The molecule has 1 saturated heterocycles. The van der Waals surface area contributed by atoms with Gasteiger partial charge >= 0.3 is 0 Å². The number of nitrogens with one attached hydrogen (secondary N) is 2. The summed E-state index contributed by atoms with van der Waals surface area (Å²) in [6.07, 6.45) is 0. The summed E-state index contributed by atoms with van der Waals surface area (Å²) >= 11 is 0. The third kappa shape index (κ3) is 6.14. The van der Waals surface area contributed by atoms with Crippen LogP contribution in [0, 0.1) is 5.92 Å². The van der Waals surface area contributed by atoms with Crippen molar-refractivity contribution in [2.45, 2.75) is 51.1 Å². The molecule has 0 radical (unpaired) electrons. The first-order chi connectivity index (χ1) is 18.1. The number of nitrogens with zero attached hydrogens (tertiary/aromatic N) is 4. The number of carbonyl (C=O) groups is 1. The van der Waals surface area contributed by atoms with E-state index >= 15 is 0 Å². The van der Waals surface area contributed by atoms with Crippen LogP contribution in [-0.2, 0) is 21.4 Å². The molecule has 10 heteroatoms. The van der Waals surface area contributed by atoms with E-state index in [0.717, 1.165) is 16.5 Å². The van der Waals surface area contributed by atoms with Crippen LogP contribution < -0.4 is 10.6 Å². The molecule has 0 saturated carbocycles. The van der Waals surface area contributed by atoms with Crippen LogP contribution in [0.5, 0.6) is 0 Å². The number of amides is 1. The third-order valence-corrected chi connectivity index (χ3v) is 8.93. The van der Waals surface area contributed by atoms with Crippen molar-refractivity contribution in [3.8, 4) is 0 Å². The number of hydrogen-bond acceptors (Lipinski definition) is 7. The van der Waals surface area contributed by atoms with Gasteiger partial charge in [0.05, 0.1) is 17.0 Å². The fourth-order valence-corrected chi connectivity index (χ4v) is 6.07. The quantitative estimate of drug-likeness (QED) is 0.430. The van der Waals surface area contributed by atoms with Crippen LogP contribution in [0.1, 0.15) is 45.0 Å². The molecule has 1 atom stereocenters. The molecule has 204 valence electrons. The molecule has 1 aromatic heterocycles. The lowest BCUT2D eigenvalue weighted by Gasteiger charge is -2.33. The van der Waals surface area contributed by atoms with Gasteiger partial charge < -0.3 is 10.6 Å². The molecule has 0 spiro atoms. The Hall–Kier alpha value is -3.08. The molecular formula is C28H38N6O3S. The summed E-state index contributed by atoms with van der Waals surface area (Å²) in [7, 11) is -1.91. The van der Waals surface area contributed by atoms with Gasteiger partial charge in [0.1, 0.15) is 17.7 Å². The number of hydrogen-bond donors (Lipinski definition) is 2. The smallest absolute Gasteiger partial charge is 0.243 e. The maximum Gasteiger partial charge on any atom is 0.243 e. The Balaban J connectivity index is 1.48. The predicted molar refractivity (Wildman–Crippen MR) is 150 cm³/mol. The van der Waals surface area contributed by atoms with Crippen LogP contribution in [-0.4, -0.2) is 72.8 Å². The van der Waals surface area contributed by atoms with Gasteiger partial charge in [0.2, 0.25) is 15.9 Å². The van der Waals surface area contributed by atoms with Crippen LogP contribution >= 0.6 is 0 Å². The lowest BCUT2D eigenvalue weighted by molar-refractivity contribution is -0.122. The van der Waals surface area contributed by atoms with Gasteiger partial charge in [0, 0.05) is 38.6 Å². The molecule has 1 fully saturated rings. The molecule has 1 aliphatic heterocycles. The highest BCUT2D eigenvalue weighted by atomic mass is 32.2. The molecule has 0 bridgehead atoms. The van der Waals surface area contributed by atoms with Crippen LogP contribution in [0.15, 0.2) is 53.4 Å². The minimum Gasteiger partial charge on any atom is -0.358 e. The van der Waals surface area contributed by atoms with E-state index in [1.165, 1.54) is 0 Å². The second kappa shape index (κ2) is 11.8. The molecule has 1 aliphatic rings. The zero-order chi connectivity index (χ0) is 27.4. The summed E-state index contributed by atoms with van der Waals surface area (Å²) in [6, 6.07) is 14.5. The fraction of sp³-hybridized carbons (Fsp3) is 0.464. The van der Waals surface area contributed by atoms with Crippen molar-refractivity contribution >= 4 is 32.7 Å². The summed E-state index contributed by atoms with van der Waals surface area (Å²) in [5.74, 6) is 1.57. The first kappa shape index (κ1) is 27.9. The predicted octanol–water partition coefficient (Wildman–Crippen LogP) is 3.44. The Morgan fingerprint density at radius 2 is 1.61 bits per heavy atom. The van der Waals surface area contributed by atoms with E-state index < -0.39 is 16.1 Å². The second-order valence-electron chi connectivity index (χ2n) is 10.4. The van der Waals surface area contributed by atoms with Crippen LogP contribution in [0.25, 0.3) is 10.9 Å². The van der Waals surface area contributed by atoms with Crippen LogP contribution in [0.3, 0.4) is 0 Å². The Morgan fingerprint density at radius 1 is 0.947 bits per heavy atom. The fourth-order valence-electron chi connectivity index (χ4n) is 4.64. The highest BCUT2D eigenvalue weighted by Gasteiger charge is 2.29. The highest BCUT2D eigenvalue weighted by molar-refractivity contribution is 7.89. The van der Waals surface area contributed by atoms with Gasteiger partial charge in [-0.2, -0.15) is 4.31 Å². The average Bonchev–Trinajstić information content (AvgIpc) is 2.91. The maximum absolute atomic E-state index is 13.2. The molecule has 4 rings (SSSR count). The summed E-state index contributed by atoms with van der Waals surface area (Å²) in [4.78, 5) is 24.5. The van der Waals surface area contributed by atoms with E-state index in [4.69, 9.17) is 9.97 Å². The lowest BCUT2D eigenvalue weighted by atomic mass is 10.0. The first-order valence-corrected chi connectivity index (χ1v) is 14.6. The number of fused-ring (bicyclic) bond motifs is 1. The Kier molecular flexibility index (Phi) is 8.64. The number of piperazine rings is 1. The van der Waals surface area contributed by atoms with E-state index in [9.17, 15) is 13.2 Å². The topological polar surface area (TPSA) is 108 Å². The standard InChI is InChI=1S/C28H38N6O3S/c1-19(2)21-10-12-22(13-11-21)38(36,37)34-16-14-33(15-17-34)18-25-30-24-9-7-6-8-23(24)27(31-25)32-26(20(3)4)28(35)29-5/h6-13,19-20,26H,14-18H2,1-5H3,(H,29,35)(H,30,31,32)/t26-/m0/s1. The van der Waals surface area contributed by atoms with E-state index in [0.29, 0.717) is 55.2 Å². The molecule has 3 aromatic rings. The number of para-hydroxylation sites is 1. The third-order valence-electron chi connectivity index (χ3n) is 7.02. The van der Waals surface area contributed by atoms with Crippen molar-refractivity contribution < 1.29 is 13.2 Å². The molecule has 0 aliphatic carbocycles. The maximum atomic E-state index is 13.2. The molecule has 2 aromatic carbocycles. The van der Waals surface area contributed by atoms with Gasteiger partial charge in [-0.3, -0.25) is 9.69 Å². The number of carbonyl (C=O) groups excluding carboxylic acids is 1. The van der Waals surface area contributed by atoms with E-state index in [1.807, 2.05) is 50.2 Å². The second-order valence-corrected chi connectivity index (χ2v) is 12.3. The Bertz CT molecular complexity index is 1370. The lowest BCUT2D eigenvalue weighted by Crippen LogP contribution is -2.48. The zero-order valence-corrected chi connectivity index (χ0v) is 23.6. The van der Waals surface area contributed by atoms with Crippen molar-refractivity contribution in [3.05, 3.63) is 59.9 Å². The average molecular weight is 539 g/mol. The van der Waals surface area contributed by atoms with Gasteiger partial charge in [-0.05, 0) is 41.7 Å². The zero-order valence-electron chi connectivity index (χ0n) is 22.8. The SMILES string of the molecule is CNC(=O)[C@@H](Nc1nc(CN2CCN(S(=O)(=O)c3ccc(C(C)C)cc3)CC2)nc2ccccc12)C(C)C. The van der Waals surface area contributed by atoms with E-state index in [1.54, 1.807) is 23.5 Å². The number of rotatable bonds is 9. The van der Waals surface area contributed by atoms with Gasteiger partial charge in [-0.1, -0.05) is 52.0 Å². The number of sulfonamides is 1. The molecule has 38 heavy (non-hydrogen) atoms. The van der Waals surface area contributed by atoms with Gasteiger partial charge in [-0.25, -0.2) is 18.4 Å². The minimum atomic E-state index is -3.54. The minimum absolute atomic E-state index is 0.0590. The van der Waals surface area contributed by atoms with Crippen molar-refractivity contribution in [3.63, 3.8) is 0 Å². The van der Waals surface area contributed by atoms with Gasteiger partial charge in [0.25, 0.3) is 0 Å². The van der Waals surface area contributed by atoms with Crippen LogP contribution in [0.2, 0.25) is 0 Å². The van der Waals surface area contributed by atoms with E-state index in [-0.39, 0.29) is 11.8 Å². The van der Waals surface area contributed by atoms with Crippen molar-refractivity contribution in [1.82, 2.24) is 24.5 Å². The number of likely N-dealkylation sites (N-methyl/N-ethyl adjacent to an activating group) is 1. The molecular weight excluding hydrogens is 500 g/mol. The summed E-state index contributed by atoms with van der Waals surface area (Å²) in [6.45, 7) is 10.6. The van der Waals surface area contributed by atoms with Gasteiger partial charge in [-0.15, -0.1) is 0 Å². The molecule has 2 N–H and O–H groups in total. The van der Waals surface area contributed by atoms with Crippen LogP contribution in [0.4, 0.5) is 5.82 Å². The monoisotopic (exact) mass is 538 g/mol.